The SMILES string of the molecule is O=C(c1ccccc1)N1CCCN(c2ccc3cc(Br)c(F)cc3n2)CC1. The topological polar surface area (TPSA) is 36.4 Å². The van der Waals surface area contributed by atoms with E-state index in [-0.39, 0.29) is 11.7 Å². The first-order chi connectivity index (χ1) is 13.1. The van der Waals surface area contributed by atoms with Crippen molar-refractivity contribution in [2.75, 3.05) is 31.1 Å². The van der Waals surface area contributed by atoms with Crippen LogP contribution < -0.4 is 4.90 Å². The average molecular weight is 428 g/mol. The predicted octanol–water partition coefficient (Wildman–Crippen LogP) is 4.49. The van der Waals surface area contributed by atoms with Crippen LogP contribution in [-0.4, -0.2) is 42.0 Å². The summed E-state index contributed by atoms with van der Waals surface area (Å²) in [7, 11) is 0. The van der Waals surface area contributed by atoms with Gasteiger partial charge in [-0.1, -0.05) is 18.2 Å². The molecule has 0 atom stereocenters. The molecule has 0 spiro atoms. The number of nitrogens with zero attached hydrogens (tertiary/aromatic N) is 3. The van der Waals surface area contributed by atoms with Crippen molar-refractivity contribution in [1.29, 1.82) is 0 Å². The number of amides is 1. The molecule has 1 aliphatic rings. The minimum Gasteiger partial charge on any atom is -0.355 e. The quantitative estimate of drug-likeness (QED) is 0.604. The lowest BCUT2D eigenvalue weighted by Crippen LogP contribution is -2.35. The van der Waals surface area contributed by atoms with Gasteiger partial charge in [-0.15, -0.1) is 0 Å². The van der Waals surface area contributed by atoms with Gasteiger partial charge in [0.2, 0.25) is 0 Å². The van der Waals surface area contributed by atoms with Crippen LogP contribution in [0.15, 0.2) is 59.1 Å². The van der Waals surface area contributed by atoms with Crippen LogP contribution in [0.1, 0.15) is 16.8 Å². The van der Waals surface area contributed by atoms with Gasteiger partial charge in [0.05, 0.1) is 9.99 Å². The number of hydrogen-bond donors (Lipinski definition) is 0. The third-order valence-corrected chi connectivity index (χ3v) is 5.45. The highest BCUT2D eigenvalue weighted by Crippen LogP contribution is 2.25. The largest absolute Gasteiger partial charge is 0.355 e. The van der Waals surface area contributed by atoms with Crippen LogP contribution in [-0.2, 0) is 0 Å². The maximum Gasteiger partial charge on any atom is 0.253 e. The summed E-state index contributed by atoms with van der Waals surface area (Å²) >= 11 is 3.21. The molecule has 3 aromatic rings. The van der Waals surface area contributed by atoms with Crippen LogP contribution in [0.5, 0.6) is 0 Å². The zero-order valence-electron chi connectivity index (χ0n) is 14.7. The smallest absolute Gasteiger partial charge is 0.253 e. The standard InChI is InChI=1S/C21H19BrFN3O/c22-17-13-16-7-8-20(24-19(16)14-18(17)23)25-9-4-10-26(12-11-25)21(27)15-5-2-1-3-6-15/h1-3,5-8,13-14H,4,9-12H2. The molecule has 1 amide bonds. The first kappa shape index (κ1) is 17.9. The monoisotopic (exact) mass is 427 g/mol. The van der Waals surface area contributed by atoms with E-state index in [2.05, 4.69) is 25.8 Å². The van der Waals surface area contributed by atoms with Gasteiger partial charge in [0.15, 0.2) is 0 Å². The van der Waals surface area contributed by atoms with Gasteiger partial charge in [-0.2, -0.15) is 0 Å². The van der Waals surface area contributed by atoms with Crippen LogP contribution >= 0.6 is 15.9 Å². The molecule has 27 heavy (non-hydrogen) atoms. The number of aromatic nitrogens is 1. The van der Waals surface area contributed by atoms with Crippen molar-refractivity contribution in [2.24, 2.45) is 0 Å². The molecule has 138 valence electrons. The van der Waals surface area contributed by atoms with Crippen LogP contribution in [0.2, 0.25) is 0 Å². The highest BCUT2D eigenvalue weighted by Gasteiger charge is 2.21. The summed E-state index contributed by atoms with van der Waals surface area (Å²) in [4.78, 5) is 21.4. The first-order valence-corrected chi connectivity index (χ1v) is 9.76. The van der Waals surface area contributed by atoms with E-state index in [4.69, 9.17) is 0 Å². The normalized spacial score (nSPS) is 15.0. The minimum atomic E-state index is -0.317. The van der Waals surface area contributed by atoms with E-state index < -0.39 is 0 Å². The van der Waals surface area contributed by atoms with Gasteiger partial charge < -0.3 is 9.80 Å². The van der Waals surface area contributed by atoms with Gasteiger partial charge in [-0.3, -0.25) is 4.79 Å². The van der Waals surface area contributed by atoms with Crippen LogP contribution in [0.25, 0.3) is 10.9 Å². The Morgan fingerprint density at radius 1 is 1.00 bits per heavy atom. The lowest BCUT2D eigenvalue weighted by Gasteiger charge is -2.23. The molecular formula is C21H19BrFN3O. The van der Waals surface area contributed by atoms with E-state index in [0.29, 0.717) is 23.1 Å². The Bertz CT molecular complexity index is 980. The third-order valence-electron chi connectivity index (χ3n) is 4.84. The first-order valence-electron chi connectivity index (χ1n) is 8.97. The molecule has 4 nitrogen and oxygen atoms in total. The molecule has 0 N–H and O–H groups in total. The number of halogens is 2. The molecule has 2 heterocycles. The van der Waals surface area contributed by atoms with Crippen molar-refractivity contribution in [2.45, 2.75) is 6.42 Å². The molecular weight excluding hydrogens is 409 g/mol. The number of rotatable bonds is 2. The Labute approximate surface area is 165 Å². The van der Waals surface area contributed by atoms with Crippen LogP contribution in [0.3, 0.4) is 0 Å². The second kappa shape index (κ2) is 7.64. The summed E-state index contributed by atoms with van der Waals surface area (Å²) in [5.74, 6) is 0.566. The summed E-state index contributed by atoms with van der Waals surface area (Å²) < 4.78 is 14.3. The maximum atomic E-state index is 13.8. The number of benzene rings is 2. The fourth-order valence-electron chi connectivity index (χ4n) is 3.40. The highest BCUT2D eigenvalue weighted by atomic mass is 79.9. The molecule has 0 saturated carbocycles. The van der Waals surface area contributed by atoms with Crippen molar-refractivity contribution < 1.29 is 9.18 Å². The van der Waals surface area contributed by atoms with Crippen LogP contribution in [0, 0.1) is 5.82 Å². The molecule has 1 saturated heterocycles. The summed E-state index contributed by atoms with van der Waals surface area (Å²) in [5, 5.41) is 0.891. The van der Waals surface area contributed by atoms with E-state index in [1.165, 1.54) is 6.07 Å². The van der Waals surface area contributed by atoms with E-state index in [1.807, 2.05) is 47.4 Å². The van der Waals surface area contributed by atoms with Crippen molar-refractivity contribution in [3.8, 4) is 0 Å². The number of anilines is 1. The minimum absolute atomic E-state index is 0.0656. The summed E-state index contributed by atoms with van der Waals surface area (Å²) in [6.45, 7) is 2.88. The number of hydrogen-bond acceptors (Lipinski definition) is 3. The number of carbonyl (C=O) groups is 1. The zero-order valence-corrected chi connectivity index (χ0v) is 16.3. The molecule has 1 fully saturated rings. The fourth-order valence-corrected chi connectivity index (χ4v) is 3.76. The van der Waals surface area contributed by atoms with Gasteiger partial charge in [0.25, 0.3) is 5.91 Å². The number of fused-ring (bicyclic) bond motifs is 1. The summed E-state index contributed by atoms with van der Waals surface area (Å²) in [5.41, 5.74) is 1.35. The zero-order chi connectivity index (χ0) is 18.8. The van der Waals surface area contributed by atoms with E-state index in [1.54, 1.807) is 6.07 Å². The van der Waals surface area contributed by atoms with Crippen LogP contribution in [0.4, 0.5) is 10.2 Å². The lowest BCUT2D eigenvalue weighted by molar-refractivity contribution is 0.0767. The van der Waals surface area contributed by atoms with E-state index >= 15 is 0 Å². The summed E-state index contributed by atoms with van der Waals surface area (Å²) in [6.07, 6.45) is 0.868. The molecule has 1 aliphatic heterocycles. The van der Waals surface area contributed by atoms with Crippen molar-refractivity contribution in [1.82, 2.24) is 9.88 Å². The van der Waals surface area contributed by atoms with Gasteiger partial charge in [-0.05, 0) is 52.7 Å². The molecule has 0 radical (unpaired) electrons. The molecule has 0 unspecified atom stereocenters. The van der Waals surface area contributed by atoms with Gasteiger partial charge >= 0.3 is 0 Å². The van der Waals surface area contributed by atoms with Crippen molar-refractivity contribution >= 4 is 38.6 Å². The van der Waals surface area contributed by atoms with E-state index in [0.717, 1.165) is 36.3 Å². The molecule has 2 aromatic carbocycles. The van der Waals surface area contributed by atoms with Gasteiger partial charge in [0, 0.05) is 43.2 Å². The lowest BCUT2D eigenvalue weighted by atomic mass is 10.2. The van der Waals surface area contributed by atoms with Gasteiger partial charge in [0.1, 0.15) is 11.6 Å². The fraction of sp³-hybridized carbons (Fsp3) is 0.238. The second-order valence-electron chi connectivity index (χ2n) is 6.63. The third kappa shape index (κ3) is 3.81. The summed E-state index contributed by atoms with van der Waals surface area (Å²) in [6, 6.07) is 16.5. The van der Waals surface area contributed by atoms with Crippen molar-refractivity contribution in [3.05, 3.63) is 70.5 Å². The Hall–Kier alpha value is -2.47. The maximum absolute atomic E-state index is 13.8. The second-order valence-corrected chi connectivity index (χ2v) is 7.48. The Balaban J connectivity index is 1.52. The highest BCUT2D eigenvalue weighted by molar-refractivity contribution is 9.10. The van der Waals surface area contributed by atoms with Gasteiger partial charge in [-0.25, -0.2) is 9.37 Å². The molecule has 4 rings (SSSR count). The predicted molar refractivity (Wildman–Crippen MR) is 109 cm³/mol. The molecule has 1 aromatic heterocycles. The molecule has 0 aliphatic carbocycles. The van der Waals surface area contributed by atoms with E-state index in [9.17, 15) is 9.18 Å². The Morgan fingerprint density at radius 3 is 2.63 bits per heavy atom. The Morgan fingerprint density at radius 2 is 1.81 bits per heavy atom. The van der Waals surface area contributed by atoms with Crippen molar-refractivity contribution in [3.63, 3.8) is 0 Å². The molecule has 0 bridgehead atoms. The average Bonchev–Trinajstić information content (AvgIpc) is 2.95. The molecule has 6 heteroatoms. The number of carbonyl (C=O) groups excluding carboxylic acids is 1. The Kier molecular flexibility index (Phi) is 5.07. The number of pyridine rings is 1.